The van der Waals surface area contributed by atoms with Gasteiger partial charge in [0.25, 0.3) is 6.47 Å². The predicted octanol–water partition coefficient (Wildman–Crippen LogP) is 6.23. The second-order valence-corrected chi connectivity index (χ2v) is 35.5. The third kappa shape index (κ3) is 31.2. The van der Waals surface area contributed by atoms with Gasteiger partial charge in [-0.25, -0.2) is 4.39 Å². The first-order chi connectivity index (χ1) is 62.3. The SMILES string of the molecule is CCCC[C@H]1C(=O)N(C)CC(=O)C[C@@H](COC=O)C(=O)C[C@@H](C(C)C)C(=O)N(C)[C@@H](Cc2ccccc2)C(=O)N[C@@H](Cc2ccc(O)cc2)C(=O)N(C)CC(=O)N[C@@H](Cc2c[nH]c3ccccc23)C(=O)N[C@@H](Cc2ccc(O)cc2)C(=O)N[C@@H](CC(C)C)C(=O)N[C@H](C(=O)CCC(N)=O)CSCC(=O)N[C@@H](Cc2ccc(Cl)c(F)c2)C(=O)N(C)[C@@H](Cc2ccccc2)C(=O)N1C. The number of primary amides is 1. The van der Waals surface area contributed by atoms with E-state index < -0.39 is 224 Å². The van der Waals surface area contributed by atoms with Gasteiger partial charge in [0, 0.05) is 128 Å². The molecule has 11 N–H and O–H groups in total. The number of fused-ring (bicyclic) bond motifs is 1. The molecular weight excluding hydrogens is 1730 g/mol. The predicted molar refractivity (Wildman–Crippen MR) is 490 cm³/mol. The van der Waals surface area contributed by atoms with Crippen LogP contribution in [0.3, 0.4) is 0 Å². The van der Waals surface area contributed by atoms with Crippen LogP contribution in [0.1, 0.15) is 119 Å². The zero-order valence-electron chi connectivity index (χ0n) is 75.3. The topological polar surface area (TPSA) is 453 Å². The Morgan fingerprint density at radius 2 is 1.05 bits per heavy atom. The van der Waals surface area contributed by atoms with Crippen LogP contribution in [-0.2, 0) is 120 Å². The molecule has 0 saturated carbocycles. The smallest absolute Gasteiger partial charge is 0.293 e. The molecule has 131 heavy (non-hydrogen) atoms. The van der Waals surface area contributed by atoms with Gasteiger partial charge in [0.15, 0.2) is 11.6 Å². The van der Waals surface area contributed by atoms with Crippen LogP contribution in [0.15, 0.2) is 158 Å². The van der Waals surface area contributed by atoms with Crippen LogP contribution in [-0.4, -0.2) is 255 Å². The van der Waals surface area contributed by atoms with E-state index in [0.29, 0.717) is 51.6 Å². The first-order valence-corrected chi connectivity index (χ1v) is 45.1. The normalized spacial score (nSPS) is 21.9. The van der Waals surface area contributed by atoms with Crippen molar-refractivity contribution in [1.82, 2.24) is 61.4 Å². The number of aromatic amines is 1. The van der Waals surface area contributed by atoms with E-state index in [2.05, 4.69) is 36.9 Å². The van der Waals surface area contributed by atoms with Gasteiger partial charge in [-0.1, -0.05) is 168 Å². The lowest BCUT2D eigenvalue weighted by Crippen LogP contribution is -2.59. The quantitative estimate of drug-likeness (QED) is 0.0283. The Morgan fingerprint density at radius 3 is 1.64 bits per heavy atom. The molecule has 35 heteroatoms. The molecule has 2 heterocycles. The highest BCUT2D eigenvalue weighted by atomic mass is 35.5. The fourth-order valence-electron chi connectivity index (χ4n) is 15.6. The monoisotopic (exact) mass is 1840 g/mol. The number of rotatable bonds is 25. The van der Waals surface area contributed by atoms with Crippen molar-refractivity contribution in [3.63, 3.8) is 0 Å². The van der Waals surface area contributed by atoms with Crippen LogP contribution < -0.4 is 37.6 Å². The number of ether oxygens (including phenoxy) is 1. The average Bonchev–Trinajstić information content (AvgIpc) is 1.50. The molecule has 32 nitrogen and oxygen atoms in total. The van der Waals surface area contributed by atoms with E-state index in [4.69, 9.17) is 22.1 Å². The molecule has 0 unspecified atom stereocenters. The molecule has 0 bridgehead atoms. The number of para-hydroxylation sites is 1. The lowest BCUT2D eigenvalue weighted by Gasteiger charge is -2.37. The van der Waals surface area contributed by atoms with Gasteiger partial charge in [-0.05, 0) is 101 Å². The molecule has 1 aliphatic rings. The van der Waals surface area contributed by atoms with Crippen molar-refractivity contribution in [2.75, 3.05) is 66.4 Å². The summed E-state index contributed by atoms with van der Waals surface area (Å²) in [6, 6.07) is 25.9. The maximum atomic E-state index is 15.6. The second-order valence-electron chi connectivity index (χ2n) is 34.0. The van der Waals surface area contributed by atoms with Gasteiger partial charge in [-0.15, -0.1) is 11.8 Å². The van der Waals surface area contributed by atoms with Crippen LogP contribution in [0.25, 0.3) is 10.9 Å². The molecule has 12 amide bonds. The van der Waals surface area contributed by atoms with E-state index in [9.17, 15) is 43.8 Å². The number of carbonyl (C=O) groups excluding carboxylic acids is 16. The minimum atomic E-state index is -1.60. The summed E-state index contributed by atoms with van der Waals surface area (Å²) >= 11 is 6.94. The largest absolute Gasteiger partial charge is 0.508 e. The molecule has 11 atom stereocenters. The number of amides is 12. The van der Waals surface area contributed by atoms with Crippen LogP contribution in [0.4, 0.5) is 4.39 Å². The Labute approximate surface area is 770 Å². The van der Waals surface area contributed by atoms with Gasteiger partial charge in [0.05, 0.1) is 35.8 Å². The van der Waals surface area contributed by atoms with Gasteiger partial charge in [0.2, 0.25) is 70.9 Å². The highest BCUT2D eigenvalue weighted by Crippen LogP contribution is 2.28. The molecule has 1 saturated heterocycles. The maximum Gasteiger partial charge on any atom is 0.293 e. The van der Waals surface area contributed by atoms with Crippen LogP contribution in [0.5, 0.6) is 11.5 Å². The molecular formula is C96H119ClFN13O19S. The standard InChI is InChI=1S/C96H119ClFN13O19S/c1-11-12-27-80-95(128)107(6)51-68(115)47-65(53-130-56-112)84(117)49-70(58(4)5)92(125)110(9)81(45-59-21-15-13-16-22-59)91(124)105-77(43-62-30-35-67(114)36-31-62)93(126)108(7)52-86(119)101-76(48-64-50-100-73-26-20-19-25-69(64)73)90(123)104-75(42-61-28-33-66(113)34-29-61)89(122)103-74(40-57(2)3)88(121)106-79(83(116)38-39-85(99)118)54-131-55-87(120)102-78(44-63-32-37-71(97)72(98)41-63)94(127)111(10)82(96(129)109(80)8)46-60-23-17-14-18-24-60/h13-26,28-37,41,50,56-58,65,70,74-82,100,113-114H,11-12,27,38-40,42-49,51-55H2,1-10H3,(H2,99,118)(H,101,119)(H,102,120)(H,103,122)(H,104,123)(H,105,124)(H,106,121)/t65-,70-,74-,75-,76-,77-,78-,79-,80-,81-,82-/m0/s1. The Kier molecular flexibility index (Phi) is 39.8. The van der Waals surface area contributed by atoms with E-state index in [0.717, 1.165) is 37.4 Å². The summed E-state index contributed by atoms with van der Waals surface area (Å²) in [5.74, 6) is -18.1. The number of hydrogen-bond donors (Lipinski definition) is 10. The van der Waals surface area contributed by atoms with Crippen molar-refractivity contribution < 1.29 is 96.1 Å². The molecule has 1 fully saturated rings. The Morgan fingerprint density at radius 1 is 0.542 bits per heavy atom. The van der Waals surface area contributed by atoms with Crippen LogP contribution in [0.2, 0.25) is 5.02 Å². The number of unbranched alkanes of at least 4 members (excludes halogenated alkanes) is 1. The molecule has 1 aliphatic heterocycles. The molecule has 702 valence electrons. The van der Waals surface area contributed by atoms with Crippen molar-refractivity contribution in [3.8, 4) is 11.5 Å². The van der Waals surface area contributed by atoms with Crippen molar-refractivity contribution in [2.45, 2.75) is 179 Å². The minimum Gasteiger partial charge on any atom is -0.508 e. The molecule has 0 aliphatic carbocycles. The number of phenolic OH excluding ortho intramolecular Hbond substituents is 2. The number of nitrogens with zero attached hydrogens (tertiary/aromatic N) is 5. The number of likely N-dealkylation sites (N-methyl/N-ethyl adjacent to an activating group) is 5. The molecule has 0 radical (unpaired) electrons. The lowest BCUT2D eigenvalue weighted by molar-refractivity contribution is -0.151. The summed E-state index contributed by atoms with van der Waals surface area (Å²) in [5.41, 5.74) is 8.79. The zero-order chi connectivity index (χ0) is 95.9. The first kappa shape index (κ1) is 104. The Balaban J connectivity index is 1.22. The third-order valence-corrected chi connectivity index (χ3v) is 24.4. The number of ketones is 3. The van der Waals surface area contributed by atoms with E-state index in [1.54, 1.807) is 119 Å². The van der Waals surface area contributed by atoms with Gasteiger partial charge < -0.3 is 82.1 Å². The number of nitrogens with one attached hydrogen (secondary N) is 7. The van der Waals surface area contributed by atoms with E-state index in [1.807, 2.05) is 6.92 Å². The lowest BCUT2D eigenvalue weighted by atomic mass is 9.84. The van der Waals surface area contributed by atoms with E-state index in [-0.39, 0.29) is 85.2 Å². The molecule has 0 spiro atoms. The van der Waals surface area contributed by atoms with E-state index in [1.165, 1.54) is 101 Å². The fraction of sp³-hybridized carbons (Fsp3) is 0.438. The van der Waals surface area contributed by atoms with Crippen LogP contribution >= 0.6 is 23.4 Å². The zero-order valence-corrected chi connectivity index (χ0v) is 76.9. The number of thioether (sulfide) groups is 1. The fourth-order valence-corrected chi connectivity index (χ4v) is 16.6. The summed E-state index contributed by atoms with van der Waals surface area (Å²) < 4.78 is 20.5. The van der Waals surface area contributed by atoms with E-state index >= 15 is 47.5 Å². The summed E-state index contributed by atoms with van der Waals surface area (Å²) in [4.78, 5) is 244. The van der Waals surface area contributed by atoms with Crippen molar-refractivity contribution in [2.24, 2.45) is 29.4 Å². The van der Waals surface area contributed by atoms with Gasteiger partial charge >= 0.3 is 0 Å². The van der Waals surface area contributed by atoms with Gasteiger partial charge in [-0.2, -0.15) is 0 Å². The summed E-state index contributed by atoms with van der Waals surface area (Å²) in [7, 11) is 6.63. The molecule has 6 aromatic carbocycles. The number of phenols is 2. The number of aromatic hydroxyl groups is 2. The maximum absolute atomic E-state index is 15.6. The number of carbonyl (C=O) groups is 16. The van der Waals surface area contributed by atoms with Crippen molar-refractivity contribution in [3.05, 3.63) is 202 Å². The summed E-state index contributed by atoms with van der Waals surface area (Å²) in [5, 5.41) is 37.7. The highest BCUT2D eigenvalue weighted by molar-refractivity contribution is 8.00. The Hall–Kier alpha value is -12.9. The molecule has 8 rings (SSSR count). The summed E-state index contributed by atoms with van der Waals surface area (Å²) in [6.07, 6.45) is -1.24. The molecule has 1 aromatic heterocycles. The van der Waals surface area contributed by atoms with Crippen LogP contribution in [0, 0.1) is 29.5 Å². The number of nitrogens with two attached hydrogens (primary N) is 1. The number of benzene rings is 6. The van der Waals surface area contributed by atoms with Gasteiger partial charge in [-0.3, -0.25) is 76.7 Å². The third-order valence-electron chi connectivity index (χ3n) is 23.1. The molecule has 7 aromatic rings. The average molecular weight is 1850 g/mol. The minimum absolute atomic E-state index is 0.0387. The number of Topliss-reactive ketones (excluding diaryl/α,β-unsaturated/α-hetero) is 3. The van der Waals surface area contributed by atoms with Gasteiger partial charge in [0.1, 0.15) is 78.0 Å². The summed E-state index contributed by atoms with van der Waals surface area (Å²) in [6.45, 7) is 6.69. The number of aromatic nitrogens is 1. The number of halogens is 2. The first-order valence-electron chi connectivity index (χ1n) is 43.5. The number of hydrogen-bond acceptors (Lipinski definition) is 20. The second kappa shape index (κ2) is 50.4. The van der Waals surface area contributed by atoms with Crippen molar-refractivity contribution in [1.29, 1.82) is 0 Å². The highest BCUT2D eigenvalue weighted by Gasteiger charge is 2.42. The Bertz CT molecular complexity index is 5170. The number of H-pyrrole nitrogens is 1. The van der Waals surface area contributed by atoms with Crippen molar-refractivity contribution >= 4 is 129 Å².